The lowest BCUT2D eigenvalue weighted by Crippen LogP contribution is -2.41. The molecule has 2 N–H and O–H groups in total. The fourth-order valence-electron chi connectivity index (χ4n) is 4.19. The van der Waals surface area contributed by atoms with Crippen molar-refractivity contribution < 1.29 is 14.3 Å². The minimum absolute atomic E-state index is 0.331. The molecule has 2 amide bonds. The number of hydrogen-bond acceptors (Lipinski definition) is 4. The average molecular weight is 480 g/mol. The molecule has 0 aliphatic heterocycles. The van der Waals surface area contributed by atoms with Gasteiger partial charge in [0.1, 0.15) is 11.4 Å². The minimum Gasteiger partial charge on any atom is -0.497 e. The zero-order valence-corrected chi connectivity index (χ0v) is 19.9. The van der Waals surface area contributed by atoms with Crippen LogP contribution >= 0.6 is 0 Å². The summed E-state index contributed by atoms with van der Waals surface area (Å²) >= 11 is 0. The van der Waals surface area contributed by atoms with Crippen LogP contribution in [0, 0.1) is 0 Å². The van der Waals surface area contributed by atoms with E-state index >= 15 is 0 Å². The van der Waals surface area contributed by atoms with Gasteiger partial charge in [-0.1, -0.05) is 60.7 Å². The molecule has 8 nitrogen and oxygen atoms in total. The summed E-state index contributed by atoms with van der Waals surface area (Å²) in [7, 11) is 3.46. The van der Waals surface area contributed by atoms with Gasteiger partial charge in [0, 0.05) is 35.9 Å². The van der Waals surface area contributed by atoms with Crippen molar-refractivity contribution in [2.75, 3.05) is 7.11 Å². The van der Waals surface area contributed by atoms with Gasteiger partial charge in [-0.15, -0.1) is 0 Å². The third-order valence-electron chi connectivity index (χ3n) is 5.97. The van der Waals surface area contributed by atoms with Crippen LogP contribution in [0.4, 0.5) is 0 Å². The lowest BCUT2D eigenvalue weighted by Gasteiger charge is -2.08. The van der Waals surface area contributed by atoms with Gasteiger partial charge in [-0.2, -0.15) is 5.10 Å². The molecular formula is C28H25N5O3. The van der Waals surface area contributed by atoms with E-state index in [1.807, 2.05) is 90.5 Å². The van der Waals surface area contributed by atoms with Crippen molar-refractivity contribution in [3.63, 3.8) is 0 Å². The Morgan fingerprint density at radius 3 is 2.36 bits per heavy atom. The largest absolute Gasteiger partial charge is 0.497 e. The highest BCUT2D eigenvalue weighted by Crippen LogP contribution is 2.26. The molecule has 8 heteroatoms. The predicted octanol–water partition coefficient (Wildman–Crippen LogP) is 4.17. The first-order valence-corrected chi connectivity index (χ1v) is 11.4. The standard InChI is InChI=1S/C28H25N5O3/c1-32-17-23(22-13-6-7-14-25(22)32)27(34)29-30-28(35)24-18-33(16-19-9-4-3-5-10-19)31-26(24)20-11-8-12-21(15-20)36-2/h3-15,17-18H,16H2,1-2H3,(H,29,34)(H,30,35). The molecular weight excluding hydrogens is 454 g/mol. The van der Waals surface area contributed by atoms with Crippen LogP contribution in [0.15, 0.2) is 91.3 Å². The molecule has 5 aromatic rings. The van der Waals surface area contributed by atoms with E-state index in [1.165, 1.54) is 0 Å². The van der Waals surface area contributed by atoms with Crippen molar-refractivity contribution in [1.29, 1.82) is 0 Å². The summed E-state index contributed by atoms with van der Waals surface area (Å²) < 4.78 is 8.94. The fourth-order valence-corrected chi connectivity index (χ4v) is 4.19. The number of aromatic nitrogens is 3. The monoisotopic (exact) mass is 479 g/mol. The highest BCUT2D eigenvalue weighted by Gasteiger charge is 2.20. The molecule has 0 aliphatic rings. The summed E-state index contributed by atoms with van der Waals surface area (Å²) in [6, 6.07) is 24.8. The van der Waals surface area contributed by atoms with Gasteiger partial charge in [-0.25, -0.2) is 0 Å². The number of fused-ring (bicyclic) bond motifs is 1. The zero-order valence-electron chi connectivity index (χ0n) is 19.9. The molecule has 2 aromatic heterocycles. The smallest absolute Gasteiger partial charge is 0.273 e. The number of nitrogens with one attached hydrogen (secondary N) is 2. The molecule has 0 saturated carbocycles. The van der Waals surface area contributed by atoms with E-state index in [9.17, 15) is 9.59 Å². The van der Waals surface area contributed by atoms with Crippen LogP contribution < -0.4 is 15.6 Å². The summed E-state index contributed by atoms with van der Waals surface area (Å²) in [5.74, 6) is -0.221. The Morgan fingerprint density at radius 2 is 1.58 bits per heavy atom. The molecule has 36 heavy (non-hydrogen) atoms. The second-order valence-electron chi connectivity index (χ2n) is 8.39. The highest BCUT2D eigenvalue weighted by molar-refractivity contribution is 6.08. The van der Waals surface area contributed by atoms with E-state index in [1.54, 1.807) is 24.2 Å². The fraction of sp³-hybridized carbons (Fsp3) is 0.107. The van der Waals surface area contributed by atoms with Gasteiger partial charge < -0.3 is 9.30 Å². The van der Waals surface area contributed by atoms with E-state index in [-0.39, 0.29) is 0 Å². The van der Waals surface area contributed by atoms with Gasteiger partial charge in [0.05, 0.1) is 24.8 Å². The van der Waals surface area contributed by atoms with E-state index in [4.69, 9.17) is 4.74 Å². The Kier molecular flexibility index (Phi) is 6.23. The number of methoxy groups -OCH3 is 1. The summed E-state index contributed by atoms with van der Waals surface area (Å²) in [4.78, 5) is 26.2. The number of aryl methyl sites for hydroxylation is 1. The Hall–Kier alpha value is -4.85. The number of hydrogen-bond donors (Lipinski definition) is 2. The number of rotatable bonds is 6. The van der Waals surface area contributed by atoms with Crippen molar-refractivity contribution >= 4 is 22.7 Å². The number of para-hydroxylation sites is 1. The van der Waals surface area contributed by atoms with Gasteiger partial charge in [0.15, 0.2) is 0 Å². The van der Waals surface area contributed by atoms with E-state index in [0.717, 1.165) is 22.0 Å². The minimum atomic E-state index is -0.472. The first-order chi connectivity index (χ1) is 17.5. The van der Waals surface area contributed by atoms with Gasteiger partial charge in [0.2, 0.25) is 0 Å². The van der Waals surface area contributed by atoms with E-state index < -0.39 is 11.8 Å². The maximum absolute atomic E-state index is 13.2. The van der Waals surface area contributed by atoms with Crippen molar-refractivity contribution in [3.05, 3.63) is 108 Å². The molecule has 0 atom stereocenters. The molecule has 180 valence electrons. The van der Waals surface area contributed by atoms with Crippen molar-refractivity contribution in [3.8, 4) is 17.0 Å². The quantitative estimate of drug-likeness (QED) is 0.358. The molecule has 0 bridgehead atoms. The molecule has 0 radical (unpaired) electrons. The van der Waals surface area contributed by atoms with Crippen molar-refractivity contribution in [1.82, 2.24) is 25.2 Å². The van der Waals surface area contributed by atoms with Crippen LogP contribution in [0.1, 0.15) is 26.3 Å². The first-order valence-electron chi connectivity index (χ1n) is 11.4. The number of carbonyl (C=O) groups is 2. The second-order valence-corrected chi connectivity index (χ2v) is 8.39. The Balaban J connectivity index is 1.42. The van der Waals surface area contributed by atoms with Gasteiger partial charge in [-0.05, 0) is 23.8 Å². The maximum atomic E-state index is 13.2. The van der Waals surface area contributed by atoms with Gasteiger partial charge >= 0.3 is 0 Å². The van der Waals surface area contributed by atoms with Crippen molar-refractivity contribution in [2.45, 2.75) is 6.54 Å². The third kappa shape index (κ3) is 4.56. The molecule has 0 spiro atoms. The van der Waals surface area contributed by atoms with Crippen LogP contribution in [-0.2, 0) is 13.6 Å². The first kappa shape index (κ1) is 22.9. The zero-order chi connectivity index (χ0) is 25.1. The Morgan fingerprint density at radius 1 is 0.861 bits per heavy atom. The summed E-state index contributed by atoms with van der Waals surface area (Å²) in [6.07, 6.45) is 3.42. The predicted molar refractivity (Wildman–Crippen MR) is 138 cm³/mol. The summed E-state index contributed by atoms with van der Waals surface area (Å²) in [5.41, 5.74) is 9.10. The average Bonchev–Trinajstić information content (AvgIpc) is 3.49. The Labute approximate surface area is 208 Å². The number of carbonyl (C=O) groups excluding carboxylic acids is 2. The van der Waals surface area contributed by atoms with E-state index in [2.05, 4.69) is 16.0 Å². The number of benzene rings is 3. The lowest BCUT2D eigenvalue weighted by atomic mass is 10.1. The Bertz CT molecular complexity index is 1550. The number of hydrazine groups is 1. The molecule has 2 heterocycles. The van der Waals surface area contributed by atoms with Gasteiger partial charge in [-0.3, -0.25) is 25.1 Å². The molecule has 0 unspecified atom stereocenters. The van der Waals surface area contributed by atoms with Crippen LogP contribution in [0.3, 0.4) is 0 Å². The lowest BCUT2D eigenvalue weighted by molar-refractivity contribution is 0.0848. The SMILES string of the molecule is COc1cccc(-c2nn(Cc3ccccc3)cc2C(=O)NNC(=O)c2cn(C)c3ccccc23)c1. The maximum Gasteiger partial charge on any atom is 0.273 e. The molecule has 5 rings (SSSR count). The molecule has 0 aliphatic carbocycles. The van der Waals surface area contributed by atoms with Crippen LogP contribution in [0.2, 0.25) is 0 Å². The van der Waals surface area contributed by atoms with E-state index in [0.29, 0.717) is 29.1 Å². The number of nitrogens with zero attached hydrogens (tertiary/aromatic N) is 3. The molecule has 0 fully saturated rings. The second kappa shape index (κ2) is 9.79. The van der Waals surface area contributed by atoms with Crippen LogP contribution in [0.25, 0.3) is 22.2 Å². The topological polar surface area (TPSA) is 90.2 Å². The summed E-state index contributed by atoms with van der Waals surface area (Å²) in [6.45, 7) is 0.494. The molecule has 0 saturated heterocycles. The van der Waals surface area contributed by atoms with Crippen molar-refractivity contribution in [2.24, 2.45) is 7.05 Å². The van der Waals surface area contributed by atoms with Gasteiger partial charge in [0.25, 0.3) is 11.8 Å². The third-order valence-corrected chi connectivity index (χ3v) is 5.97. The highest BCUT2D eigenvalue weighted by atomic mass is 16.5. The molecule has 3 aromatic carbocycles. The number of amides is 2. The normalized spacial score (nSPS) is 10.8. The summed E-state index contributed by atoms with van der Waals surface area (Å²) in [5, 5.41) is 5.49. The number of ether oxygens (including phenoxy) is 1. The van der Waals surface area contributed by atoms with Crippen LogP contribution in [0.5, 0.6) is 5.75 Å². The van der Waals surface area contributed by atoms with Crippen LogP contribution in [-0.4, -0.2) is 33.3 Å².